The van der Waals surface area contributed by atoms with E-state index in [1.54, 1.807) is 18.2 Å². The molecule has 0 atom stereocenters. The molecule has 0 saturated heterocycles. The lowest BCUT2D eigenvalue weighted by atomic mass is 10.0. The second-order valence-corrected chi connectivity index (χ2v) is 4.14. The molecular formula is C14H7NO4. The van der Waals surface area contributed by atoms with Gasteiger partial charge in [-0.3, -0.25) is 14.4 Å². The van der Waals surface area contributed by atoms with Crippen molar-refractivity contribution in [1.29, 1.82) is 0 Å². The smallest absolute Gasteiger partial charge is 0.208 e. The summed E-state index contributed by atoms with van der Waals surface area (Å²) in [5.74, 6) is 0. The lowest BCUT2D eigenvalue weighted by molar-refractivity contribution is 0.300. The summed E-state index contributed by atoms with van der Waals surface area (Å²) in [6, 6.07) is 8.77. The van der Waals surface area contributed by atoms with E-state index in [0.717, 1.165) is 6.07 Å². The van der Waals surface area contributed by atoms with Crippen LogP contribution in [0, 0.1) is 10.4 Å². The Labute approximate surface area is 105 Å². The molecule has 2 aliphatic carbocycles. The molecule has 0 bridgehead atoms. The molecule has 1 N–H and O–H groups in total. The van der Waals surface area contributed by atoms with E-state index in [9.17, 15) is 14.4 Å². The average molecular weight is 253 g/mol. The van der Waals surface area contributed by atoms with E-state index in [2.05, 4.69) is 5.16 Å². The molecule has 0 radical (unpaired) electrons. The van der Waals surface area contributed by atoms with Crippen LogP contribution in [0.3, 0.4) is 0 Å². The molecule has 0 heterocycles. The van der Waals surface area contributed by atoms with E-state index in [-0.39, 0.29) is 26.6 Å². The molecule has 1 aromatic rings. The molecule has 19 heavy (non-hydrogen) atoms. The van der Waals surface area contributed by atoms with Crippen molar-refractivity contribution in [2.75, 3.05) is 0 Å². The van der Waals surface area contributed by atoms with Gasteiger partial charge in [0.25, 0.3) is 0 Å². The Morgan fingerprint density at radius 2 is 1.47 bits per heavy atom. The van der Waals surface area contributed by atoms with Gasteiger partial charge in [0.15, 0.2) is 16.2 Å². The first-order valence-corrected chi connectivity index (χ1v) is 5.52. The van der Waals surface area contributed by atoms with E-state index in [1.807, 2.05) is 0 Å². The van der Waals surface area contributed by atoms with Gasteiger partial charge in [-0.15, -0.1) is 0 Å². The van der Waals surface area contributed by atoms with Crippen LogP contribution in [-0.2, 0) is 0 Å². The highest BCUT2D eigenvalue weighted by Gasteiger charge is 2.10. The minimum Gasteiger partial charge on any atom is -0.410 e. The van der Waals surface area contributed by atoms with Crippen molar-refractivity contribution in [2.24, 2.45) is 5.16 Å². The normalized spacial score (nSPS) is 12.3. The summed E-state index contributed by atoms with van der Waals surface area (Å²) in [6.45, 7) is 0. The van der Waals surface area contributed by atoms with E-state index < -0.39 is 10.9 Å². The van der Waals surface area contributed by atoms with Crippen molar-refractivity contribution in [3.63, 3.8) is 0 Å². The quantitative estimate of drug-likeness (QED) is 0.444. The third-order valence-electron chi connectivity index (χ3n) is 3.13. The van der Waals surface area contributed by atoms with Crippen LogP contribution in [0.25, 0.3) is 10.8 Å². The minimum absolute atomic E-state index is 0.0936. The maximum absolute atomic E-state index is 12.3. The lowest BCUT2D eigenvalue weighted by Gasteiger charge is -1.97. The van der Waals surface area contributed by atoms with Crippen LogP contribution in [0.5, 0.6) is 0 Å². The minimum atomic E-state index is -0.596. The fourth-order valence-corrected chi connectivity index (χ4v) is 2.25. The molecule has 0 saturated carbocycles. The van der Waals surface area contributed by atoms with Crippen LogP contribution in [0.15, 0.2) is 55.9 Å². The lowest BCUT2D eigenvalue weighted by Crippen LogP contribution is -2.32. The highest BCUT2D eigenvalue weighted by Crippen LogP contribution is 2.04. The molecule has 0 unspecified atom stereocenters. The molecular weight excluding hydrogens is 246 g/mol. The summed E-state index contributed by atoms with van der Waals surface area (Å²) in [6.07, 6.45) is 0. The van der Waals surface area contributed by atoms with Gasteiger partial charge in [0, 0.05) is 16.0 Å². The summed E-state index contributed by atoms with van der Waals surface area (Å²) in [4.78, 5) is 36.1. The van der Waals surface area contributed by atoms with Gasteiger partial charge in [-0.05, 0) is 12.1 Å². The SMILES string of the molecule is O=c1ccc2c(=O)c3ccccc3c(=O)c=2c1=NO. The van der Waals surface area contributed by atoms with Crippen LogP contribution < -0.4 is 21.6 Å². The molecule has 3 rings (SSSR count). The highest BCUT2D eigenvalue weighted by atomic mass is 16.4. The van der Waals surface area contributed by atoms with Gasteiger partial charge in [0.1, 0.15) is 0 Å². The monoisotopic (exact) mass is 253 g/mol. The molecule has 0 fully saturated rings. The van der Waals surface area contributed by atoms with Crippen LogP contribution in [-0.4, -0.2) is 5.21 Å². The maximum atomic E-state index is 12.3. The predicted molar refractivity (Wildman–Crippen MR) is 67.8 cm³/mol. The molecule has 0 aliphatic heterocycles. The van der Waals surface area contributed by atoms with Gasteiger partial charge in [-0.1, -0.05) is 29.4 Å². The number of benzene rings is 1. The predicted octanol–water partition coefficient (Wildman–Crippen LogP) is -0.189. The Balaban J connectivity index is 2.96. The van der Waals surface area contributed by atoms with Crippen LogP contribution in [0.1, 0.15) is 0 Å². The zero-order chi connectivity index (χ0) is 13.6. The van der Waals surface area contributed by atoms with Crippen LogP contribution >= 0.6 is 0 Å². The van der Waals surface area contributed by atoms with Crippen LogP contribution in [0.2, 0.25) is 0 Å². The second kappa shape index (κ2) is 3.84. The van der Waals surface area contributed by atoms with Crippen molar-refractivity contribution in [2.45, 2.75) is 0 Å². The number of nitrogens with zero attached hydrogens (tertiary/aromatic N) is 1. The van der Waals surface area contributed by atoms with E-state index >= 15 is 0 Å². The molecule has 0 spiro atoms. The fraction of sp³-hybridized carbons (Fsp3) is 0. The summed E-state index contributed by atoms with van der Waals surface area (Å²) in [7, 11) is 0. The Kier molecular flexibility index (Phi) is 2.28. The molecule has 2 aliphatic rings. The highest BCUT2D eigenvalue weighted by molar-refractivity contribution is 5.82. The Morgan fingerprint density at radius 1 is 0.842 bits per heavy atom. The Bertz CT molecular complexity index is 1080. The third kappa shape index (κ3) is 1.41. The van der Waals surface area contributed by atoms with Gasteiger partial charge in [-0.2, -0.15) is 0 Å². The van der Waals surface area contributed by atoms with Gasteiger partial charge in [-0.25, -0.2) is 0 Å². The zero-order valence-corrected chi connectivity index (χ0v) is 9.58. The zero-order valence-electron chi connectivity index (χ0n) is 9.58. The first kappa shape index (κ1) is 11.3. The number of hydrogen-bond donors (Lipinski definition) is 1. The van der Waals surface area contributed by atoms with Gasteiger partial charge >= 0.3 is 0 Å². The third-order valence-corrected chi connectivity index (χ3v) is 3.13. The largest absolute Gasteiger partial charge is 0.410 e. The van der Waals surface area contributed by atoms with Crippen molar-refractivity contribution < 1.29 is 5.21 Å². The molecule has 92 valence electrons. The van der Waals surface area contributed by atoms with Crippen molar-refractivity contribution in [3.05, 3.63) is 82.9 Å². The van der Waals surface area contributed by atoms with E-state index in [0.29, 0.717) is 5.39 Å². The number of hydrogen-bond acceptors (Lipinski definition) is 5. The fourth-order valence-electron chi connectivity index (χ4n) is 2.25. The average Bonchev–Trinajstić information content (AvgIpc) is 2.44. The molecule has 0 aromatic heterocycles. The van der Waals surface area contributed by atoms with E-state index in [4.69, 9.17) is 5.21 Å². The standard InChI is InChI=1S/C14H7NO4/c16-10-6-5-9-11(12(10)15-19)14(18)8-4-2-1-3-7(8)13(9)17/h1-6,19H. The number of rotatable bonds is 0. The molecule has 1 aromatic carbocycles. The summed E-state index contributed by atoms with van der Waals surface area (Å²) >= 11 is 0. The molecule has 5 heteroatoms. The van der Waals surface area contributed by atoms with Crippen molar-refractivity contribution in [3.8, 4) is 0 Å². The van der Waals surface area contributed by atoms with Gasteiger partial charge in [0.2, 0.25) is 5.43 Å². The maximum Gasteiger partial charge on any atom is 0.208 e. The number of fused-ring (bicyclic) bond motifs is 1. The first-order chi connectivity index (χ1) is 9.15. The molecule has 5 nitrogen and oxygen atoms in total. The van der Waals surface area contributed by atoms with E-state index in [1.165, 1.54) is 12.1 Å². The Hall–Kier alpha value is -2.82. The topological polar surface area (TPSA) is 83.8 Å². The van der Waals surface area contributed by atoms with Gasteiger partial charge in [0.05, 0.1) is 5.22 Å². The molecule has 0 amide bonds. The van der Waals surface area contributed by atoms with Gasteiger partial charge < -0.3 is 5.21 Å². The van der Waals surface area contributed by atoms with Crippen molar-refractivity contribution in [1.82, 2.24) is 0 Å². The first-order valence-electron chi connectivity index (χ1n) is 5.52. The van der Waals surface area contributed by atoms with Crippen molar-refractivity contribution >= 4 is 10.8 Å². The summed E-state index contributed by atoms with van der Waals surface area (Å²) in [5.41, 5.74) is -1.42. The second-order valence-electron chi connectivity index (χ2n) is 4.14. The summed E-state index contributed by atoms with van der Waals surface area (Å²) < 4.78 is 0. The Morgan fingerprint density at radius 3 is 2.11 bits per heavy atom. The van der Waals surface area contributed by atoms with Crippen LogP contribution in [0.4, 0.5) is 0 Å². The summed E-state index contributed by atoms with van der Waals surface area (Å²) in [5, 5.41) is 11.8.